The number of benzene rings is 3. The van der Waals surface area contributed by atoms with Gasteiger partial charge in [-0.3, -0.25) is 9.59 Å². The number of methoxy groups -OCH3 is 2. The third-order valence-corrected chi connectivity index (χ3v) is 9.14. The number of hydrogen-bond donors (Lipinski definition) is 3. The standard InChI is InChI=1S/C37H42Cl2N4O6/c1-37(2,3)49-36(46)43-14-12-22(13-15-43)20-41-33(44)21-40-30-11-9-27(35(45)31-18-24-16-25(38)7-10-29(24)42-31)28(34(30)39)17-23-6-8-26(47-4)19-32(23)48-5/h6-11,16,18-19,22,40,42H,12-15,17,20-21H2,1-5H3,(H,41,44). The molecule has 49 heavy (non-hydrogen) atoms. The van der Waals surface area contributed by atoms with Crippen LogP contribution in [0.25, 0.3) is 10.9 Å². The third kappa shape index (κ3) is 8.99. The van der Waals surface area contributed by atoms with Crippen LogP contribution in [0.1, 0.15) is 60.8 Å². The quantitative estimate of drug-likeness (QED) is 0.138. The molecule has 0 radical (unpaired) electrons. The first-order chi connectivity index (χ1) is 23.3. The molecule has 1 aliphatic rings. The highest BCUT2D eigenvalue weighted by Gasteiger charge is 2.27. The summed E-state index contributed by atoms with van der Waals surface area (Å²) in [5, 5.41) is 7.86. The van der Waals surface area contributed by atoms with Crippen LogP contribution >= 0.6 is 23.2 Å². The maximum Gasteiger partial charge on any atom is 0.410 e. The summed E-state index contributed by atoms with van der Waals surface area (Å²) in [7, 11) is 3.15. The van der Waals surface area contributed by atoms with Crippen LogP contribution < -0.4 is 20.1 Å². The van der Waals surface area contributed by atoms with E-state index >= 15 is 0 Å². The molecule has 3 N–H and O–H groups in total. The minimum Gasteiger partial charge on any atom is -0.497 e. The second-order valence-corrected chi connectivity index (χ2v) is 13.9. The second-order valence-electron chi connectivity index (χ2n) is 13.1. The number of piperidine rings is 1. The number of anilines is 1. The van der Waals surface area contributed by atoms with Crippen LogP contribution in [-0.2, 0) is 16.0 Å². The summed E-state index contributed by atoms with van der Waals surface area (Å²) >= 11 is 13.2. The number of ketones is 1. The summed E-state index contributed by atoms with van der Waals surface area (Å²) < 4.78 is 16.5. The number of carbonyl (C=O) groups is 3. The fraction of sp³-hybridized carbons (Fsp3) is 0.378. The van der Waals surface area contributed by atoms with Gasteiger partial charge in [0.05, 0.1) is 37.2 Å². The van der Waals surface area contributed by atoms with Crippen molar-refractivity contribution in [3.05, 3.63) is 87.0 Å². The summed E-state index contributed by atoms with van der Waals surface area (Å²) in [6.07, 6.45) is 1.52. The van der Waals surface area contributed by atoms with Gasteiger partial charge in [0, 0.05) is 53.6 Å². The van der Waals surface area contributed by atoms with Gasteiger partial charge < -0.3 is 34.7 Å². The second kappa shape index (κ2) is 15.4. The molecule has 2 amide bonds. The van der Waals surface area contributed by atoms with Crippen molar-refractivity contribution >= 4 is 57.6 Å². The molecule has 0 aliphatic carbocycles. The van der Waals surface area contributed by atoms with E-state index in [0.717, 1.165) is 29.3 Å². The molecule has 0 bridgehead atoms. The Hall–Kier alpha value is -4.41. The van der Waals surface area contributed by atoms with Crippen molar-refractivity contribution in [3.8, 4) is 11.5 Å². The number of rotatable bonds is 11. The molecule has 10 nitrogen and oxygen atoms in total. The number of aromatic nitrogens is 1. The van der Waals surface area contributed by atoms with E-state index < -0.39 is 5.60 Å². The van der Waals surface area contributed by atoms with Crippen molar-refractivity contribution in [1.29, 1.82) is 0 Å². The highest BCUT2D eigenvalue weighted by Crippen LogP contribution is 2.35. The molecule has 0 saturated carbocycles. The molecule has 1 aromatic heterocycles. The minimum absolute atomic E-state index is 0.0160. The largest absolute Gasteiger partial charge is 0.497 e. The molecule has 5 rings (SSSR count). The van der Waals surface area contributed by atoms with Gasteiger partial charge in [-0.05, 0) is 93.1 Å². The van der Waals surface area contributed by atoms with Gasteiger partial charge in [0.1, 0.15) is 17.1 Å². The van der Waals surface area contributed by atoms with Gasteiger partial charge in [0.25, 0.3) is 0 Å². The number of amides is 2. The van der Waals surface area contributed by atoms with Crippen molar-refractivity contribution in [2.45, 2.75) is 45.6 Å². The van der Waals surface area contributed by atoms with Gasteiger partial charge in [-0.2, -0.15) is 0 Å². The Morgan fingerprint density at radius 3 is 2.41 bits per heavy atom. The Labute approximate surface area is 296 Å². The van der Waals surface area contributed by atoms with Crippen LogP contribution in [-0.4, -0.2) is 73.7 Å². The van der Waals surface area contributed by atoms with Gasteiger partial charge in [-0.1, -0.05) is 29.3 Å². The monoisotopic (exact) mass is 708 g/mol. The first kappa shape index (κ1) is 35.9. The van der Waals surface area contributed by atoms with Crippen LogP contribution in [0.2, 0.25) is 10.0 Å². The zero-order valence-corrected chi connectivity index (χ0v) is 29.9. The molecule has 2 heterocycles. The Bertz CT molecular complexity index is 1840. The van der Waals surface area contributed by atoms with Crippen LogP contribution in [0.3, 0.4) is 0 Å². The number of hydrogen-bond acceptors (Lipinski definition) is 7. The Morgan fingerprint density at radius 1 is 0.959 bits per heavy atom. The van der Waals surface area contributed by atoms with E-state index in [0.29, 0.717) is 63.7 Å². The van der Waals surface area contributed by atoms with Crippen molar-refractivity contribution in [3.63, 3.8) is 0 Å². The average molecular weight is 710 g/mol. The molecule has 1 aliphatic heterocycles. The number of aromatic amines is 1. The molecule has 0 unspecified atom stereocenters. The van der Waals surface area contributed by atoms with E-state index in [1.54, 1.807) is 55.5 Å². The van der Waals surface area contributed by atoms with Gasteiger partial charge in [0.2, 0.25) is 11.7 Å². The van der Waals surface area contributed by atoms with Crippen molar-refractivity contribution in [2.24, 2.45) is 5.92 Å². The van der Waals surface area contributed by atoms with E-state index in [4.69, 9.17) is 37.4 Å². The lowest BCUT2D eigenvalue weighted by Crippen LogP contribution is -2.44. The van der Waals surface area contributed by atoms with Crippen LogP contribution in [0, 0.1) is 5.92 Å². The lowest BCUT2D eigenvalue weighted by Gasteiger charge is -2.33. The number of fused-ring (bicyclic) bond motifs is 1. The van der Waals surface area contributed by atoms with Gasteiger partial charge >= 0.3 is 6.09 Å². The predicted octanol–water partition coefficient (Wildman–Crippen LogP) is 7.49. The lowest BCUT2D eigenvalue weighted by atomic mass is 9.94. The SMILES string of the molecule is COc1ccc(Cc2c(C(=O)c3cc4cc(Cl)ccc4[nH]3)ccc(NCC(=O)NCC3CCN(C(=O)OC(C)(C)C)CC3)c2Cl)c(OC)c1. The summed E-state index contributed by atoms with van der Waals surface area (Å²) in [6.45, 7) is 7.21. The summed E-state index contributed by atoms with van der Waals surface area (Å²) in [5.41, 5.74) is 2.95. The molecule has 1 saturated heterocycles. The van der Waals surface area contributed by atoms with Crippen LogP contribution in [0.5, 0.6) is 11.5 Å². The fourth-order valence-electron chi connectivity index (χ4n) is 5.84. The first-order valence-corrected chi connectivity index (χ1v) is 16.9. The maximum absolute atomic E-state index is 14.0. The number of halogens is 2. The number of carbonyl (C=O) groups excluding carboxylic acids is 3. The molecular formula is C37H42Cl2N4O6. The van der Waals surface area contributed by atoms with Crippen molar-refractivity contribution < 1.29 is 28.6 Å². The molecule has 3 aromatic carbocycles. The maximum atomic E-state index is 14.0. The van der Waals surface area contributed by atoms with Crippen molar-refractivity contribution in [2.75, 3.05) is 45.7 Å². The number of nitrogens with one attached hydrogen (secondary N) is 3. The number of ether oxygens (including phenoxy) is 3. The minimum atomic E-state index is -0.538. The predicted molar refractivity (Wildman–Crippen MR) is 193 cm³/mol. The molecular weight excluding hydrogens is 667 g/mol. The highest BCUT2D eigenvalue weighted by molar-refractivity contribution is 6.35. The molecule has 260 valence electrons. The zero-order valence-electron chi connectivity index (χ0n) is 28.4. The van der Waals surface area contributed by atoms with Gasteiger partial charge in [-0.25, -0.2) is 4.79 Å². The van der Waals surface area contributed by atoms with E-state index in [-0.39, 0.29) is 36.7 Å². The molecule has 4 aromatic rings. The lowest BCUT2D eigenvalue weighted by molar-refractivity contribution is -0.119. The number of H-pyrrole nitrogens is 1. The Morgan fingerprint density at radius 2 is 1.71 bits per heavy atom. The van der Waals surface area contributed by atoms with Crippen LogP contribution in [0.4, 0.5) is 10.5 Å². The molecule has 12 heteroatoms. The Balaban J connectivity index is 1.29. The third-order valence-electron chi connectivity index (χ3n) is 8.47. The van der Waals surface area contributed by atoms with Gasteiger partial charge in [0.15, 0.2) is 0 Å². The first-order valence-electron chi connectivity index (χ1n) is 16.2. The molecule has 0 spiro atoms. The summed E-state index contributed by atoms with van der Waals surface area (Å²) in [4.78, 5) is 44.1. The van der Waals surface area contributed by atoms with E-state index in [1.165, 1.54) is 0 Å². The molecule has 0 atom stereocenters. The Kier molecular flexibility index (Phi) is 11.3. The fourth-order valence-corrected chi connectivity index (χ4v) is 6.32. The normalized spacial score (nSPS) is 13.7. The number of nitrogens with zero attached hydrogens (tertiary/aromatic N) is 1. The van der Waals surface area contributed by atoms with Crippen LogP contribution in [0.15, 0.2) is 54.6 Å². The summed E-state index contributed by atoms with van der Waals surface area (Å²) in [5.74, 6) is 1.04. The number of likely N-dealkylation sites (tertiary alicyclic amines) is 1. The zero-order chi connectivity index (χ0) is 35.3. The average Bonchev–Trinajstić information content (AvgIpc) is 3.50. The van der Waals surface area contributed by atoms with E-state index in [2.05, 4.69) is 15.6 Å². The van der Waals surface area contributed by atoms with Gasteiger partial charge in [-0.15, -0.1) is 0 Å². The highest BCUT2D eigenvalue weighted by atomic mass is 35.5. The molecule has 1 fully saturated rings. The smallest absolute Gasteiger partial charge is 0.410 e. The van der Waals surface area contributed by atoms with E-state index in [1.807, 2.05) is 39.0 Å². The topological polar surface area (TPSA) is 122 Å². The van der Waals surface area contributed by atoms with E-state index in [9.17, 15) is 14.4 Å². The summed E-state index contributed by atoms with van der Waals surface area (Å²) in [6, 6.07) is 16.1. The van der Waals surface area contributed by atoms with Crippen molar-refractivity contribution in [1.82, 2.24) is 15.2 Å².